The van der Waals surface area contributed by atoms with Crippen molar-refractivity contribution in [2.45, 2.75) is 43.4 Å². The first kappa shape index (κ1) is 25.4. The van der Waals surface area contributed by atoms with Crippen LogP contribution in [0.5, 0.6) is 0 Å². The second-order valence-electron chi connectivity index (χ2n) is 9.66. The second-order valence-corrected chi connectivity index (χ2v) is 10.9. The third-order valence-corrected chi connectivity index (χ3v) is 8.34. The summed E-state index contributed by atoms with van der Waals surface area (Å²) < 4.78 is 36.1. The minimum atomic E-state index is -0.600. The summed E-state index contributed by atoms with van der Waals surface area (Å²) in [6, 6.07) is 3.48. The number of esters is 1. The van der Waals surface area contributed by atoms with Gasteiger partial charge in [-0.25, -0.2) is 18.9 Å². The molecule has 3 atom stereocenters. The number of imidazole rings is 1. The number of benzene rings is 1. The van der Waals surface area contributed by atoms with Gasteiger partial charge in [-0.1, -0.05) is 18.5 Å². The van der Waals surface area contributed by atoms with Gasteiger partial charge in [0.25, 0.3) is 0 Å². The Morgan fingerprint density at radius 1 is 1.32 bits per heavy atom. The van der Waals surface area contributed by atoms with Crippen LogP contribution in [-0.2, 0) is 14.2 Å². The molecule has 2 aliphatic heterocycles. The number of aromatic nitrogens is 4. The number of hydrogen-bond donors (Lipinski definition) is 1. The van der Waals surface area contributed by atoms with E-state index in [0.717, 1.165) is 19.3 Å². The monoisotopic (exact) mass is 559 g/mol. The summed E-state index contributed by atoms with van der Waals surface area (Å²) in [6.07, 6.45) is 7.32. The van der Waals surface area contributed by atoms with E-state index < -0.39 is 11.8 Å². The summed E-state index contributed by atoms with van der Waals surface area (Å²) in [4.78, 5) is 17.9. The third-order valence-electron chi connectivity index (χ3n) is 7.21. The molecule has 0 amide bonds. The molecule has 0 radical (unpaired) electrons. The van der Waals surface area contributed by atoms with Gasteiger partial charge >= 0.3 is 5.97 Å². The van der Waals surface area contributed by atoms with Crippen molar-refractivity contribution >= 4 is 51.7 Å². The molecule has 1 unspecified atom stereocenters. The predicted molar refractivity (Wildman–Crippen MR) is 143 cm³/mol. The van der Waals surface area contributed by atoms with Gasteiger partial charge in [-0.05, 0) is 37.7 Å². The Bertz CT molecular complexity index is 1550. The Kier molecular flexibility index (Phi) is 6.71. The number of pyridine rings is 1. The molecule has 0 bridgehead atoms. The van der Waals surface area contributed by atoms with E-state index >= 15 is 4.39 Å². The maximum Gasteiger partial charge on any atom is 0.359 e. The van der Waals surface area contributed by atoms with Gasteiger partial charge in [0.2, 0.25) is 0 Å². The largest absolute Gasteiger partial charge is 0.455 e. The van der Waals surface area contributed by atoms with E-state index in [4.69, 9.17) is 31.5 Å². The lowest BCUT2D eigenvalue weighted by molar-refractivity contribution is -0.0369. The number of halogens is 2. The smallest absolute Gasteiger partial charge is 0.359 e. The van der Waals surface area contributed by atoms with E-state index in [2.05, 4.69) is 10.1 Å². The maximum atomic E-state index is 15.7. The Morgan fingerprint density at radius 3 is 2.87 bits per heavy atom. The summed E-state index contributed by atoms with van der Waals surface area (Å²) in [6.45, 7) is 3.45. The fourth-order valence-corrected chi connectivity index (χ4v) is 6.24. The lowest BCUT2D eigenvalue weighted by Gasteiger charge is -2.24. The highest BCUT2D eigenvalue weighted by Gasteiger charge is 2.31. The zero-order valence-corrected chi connectivity index (χ0v) is 22.5. The van der Waals surface area contributed by atoms with Crippen molar-refractivity contribution in [3.05, 3.63) is 41.1 Å². The molecule has 2 aliphatic rings. The van der Waals surface area contributed by atoms with Gasteiger partial charge in [-0.15, -0.1) is 11.8 Å². The van der Waals surface area contributed by atoms with E-state index in [1.165, 1.54) is 11.8 Å². The number of anilines is 1. The lowest BCUT2D eigenvalue weighted by atomic mass is 10.0. The van der Waals surface area contributed by atoms with Gasteiger partial charge in [0.1, 0.15) is 11.8 Å². The molecular weight excluding hydrogens is 533 g/mol. The van der Waals surface area contributed by atoms with Crippen molar-refractivity contribution in [2.75, 3.05) is 31.8 Å². The highest BCUT2D eigenvalue weighted by atomic mass is 35.5. The van der Waals surface area contributed by atoms with E-state index in [-0.39, 0.29) is 34.8 Å². The van der Waals surface area contributed by atoms with Gasteiger partial charge in [0, 0.05) is 35.2 Å². The summed E-state index contributed by atoms with van der Waals surface area (Å²) in [7, 11) is 0. The van der Waals surface area contributed by atoms with Crippen LogP contribution in [0.2, 0.25) is 5.02 Å². The van der Waals surface area contributed by atoms with Crippen LogP contribution in [0.1, 0.15) is 42.9 Å². The van der Waals surface area contributed by atoms with Crippen molar-refractivity contribution < 1.29 is 23.4 Å². The number of nitrogens with zero attached hydrogens (tertiary/aromatic N) is 4. The van der Waals surface area contributed by atoms with Crippen LogP contribution >= 0.6 is 23.4 Å². The maximum absolute atomic E-state index is 15.7. The van der Waals surface area contributed by atoms with Crippen LogP contribution in [0, 0.1) is 11.7 Å². The number of nitrogen functional groups attached to an aromatic ring is 1. The van der Waals surface area contributed by atoms with Gasteiger partial charge in [-0.3, -0.25) is 4.40 Å². The van der Waals surface area contributed by atoms with Gasteiger partial charge in [-0.2, -0.15) is 5.10 Å². The molecule has 4 aromatic rings. The average Bonchev–Trinajstić information content (AvgIpc) is 3.61. The highest BCUT2D eigenvalue weighted by Crippen LogP contribution is 2.44. The molecule has 200 valence electrons. The van der Waals surface area contributed by atoms with E-state index in [0.29, 0.717) is 52.4 Å². The number of carbonyl (C=O) groups is 1. The molecule has 12 heteroatoms. The molecule has 0 aliphatic carbocycles. The van der Waals surface area contributed by atoms with Crippen molar-refractivity contribution in [2.24, 2.45) is 5.92 Å². The minimum absolute atomic E-state index is 0.0283. The first-order chi connectivity index (χ1) is 18.4. The number of fused-ring (bicyclic) bond motifs is 2. The summed E-state index contributed by atoms with van der Waals surface area (Å²) in [5.74, 6) is -1.01. The molecule has 38 heavy (non-hydrogen) atoms. The standard InChI is InChI=1S/C26H27ClFN5O4S/c1-13-11-35-12-16(13)37-26(34)23-25(29)31-17-7-6-14(10-32(17)23)19-15-9-30-33(18-5-3-4-8-36-18)22(15)24(38-2)21(28)20(19)27/h6-7,9-10,13,16,18H,3-5,8,11-12,29H2,1-2H3/t13-,16-,18?/m1/s1. The summed E-state index contributed by atoms with van der Waals surface area (Å²) in [5, 5.41) is 5.26. The molecule has 3 aromatic heterocycles. The van der Waals surface area contributed by atoms with Crippen LogP contribution in [0.15, 0.2) is 29.4 Å². The lowest BCUT2D eigenvalue weighted by Crippen LogP contribution is -2.25. The van der Waals surface area contributed by atoms with Crippen LogP contribution in [0.3, 0.4) is 0 Å². The van der Waals surface area contributed by atoms with Gasteiger partial charge in [0.05, 0.1) is 34.8 Å². The van der Waals surface area contributed by atoms with Crippen molar-refractivity contribution in [3.8, 4) is 11.1 Å². The normalized spacial score (nSPS) is 21.9. The van der Waals surface area contributed by atoms with Gasteiger partial charge < -0.3 is 19.9 Å². The number of rotatable bonds is 5. The summed E-state index contributed by atoms with van der Waals surface area (Å²) in [5.41, 5.74) is 8.36. The van der Waals surface area contributed by atoms with E-state index in [1.807, 2.05) is 6.92 Å². The van der Waals surface area contributed by atoms with Crippen LogP contribution in [0.4, 0.5) is 10.2 Å². The highest BCUT2D eigenvalue weighted by molar-refractivity contribution is 7.98. The third kappa shape index (κ3) is 4.12. The Morgan fingerprint density at radius 2 is 2.16 bits per heavy atom. The molecular formula is C26H27ClFN5O4S. The van der Waals surface area contributed by atoms with Crippen LogP contribution < -0.4 is 5.73 Å². The number of hydrogen-bond acceptors (Lipinski definition) is 8. The molecule has 0 saturated carbocycles. The molecule has 5 heterocycles. The minimum Gasteiger partial charge on any atom is -0.455 e. The van der Waals surface area contributed by atoms with Crippen LogP contribution in [-0.4, -0.2) is 57.3 Å². The predicted octanol–water partition coefficient (Wildman–Crippen LogP) is 5.34. The first-order valence-corrected chi connectivity index (χ1v) is 14.1. The Labute approximate surface area is 227 Å². The Balaban J connectivity index is 1.49. The quantitative estimate of drug-likeness (QED) is 0.258. The zero-order chi connectivity index (χ0) is 26.6. The Hall–Kier alpha value is -2.86. The van der Waals surface area contributed by atoms with E-state index in [1.54, 1.807) is 39.9 Å². The van der Waals surface area contributed by atoms with Crippen molar-refractivity contribution in [1.29, 1.82) is 0 Å². The molecule has 2 fully saturated rings. The fraction of sp³-hybridized carbons (Fsp3) is 0.423. The molecule has 9 nitrogen and oxygen atoms in total. The van der Waals surface area contributed by atoms with E-state index in [9.17, 15) is 4.79 Å². The molecule has 2 saturated heterocycles. The molecule has 0 spiro atoms. The zero-order valence-electron chi connectivity index (χ0n) is 20.9. The fourth-order valence-electron chi connectivity index (χ4n) is 5.21. The topological polar surface area (TPSA) is 106 Å². The molecule has 2 N–H and O–H groups in total. The second kappa shape index (κ2) is 10.0. The first-order valence-electron chi connectivity index (χ1n) is 12.5. The van der Waals surface area contributed by atoms with Crippen molar-refractivity contribution in [1.82, 2.24) is 19.2 Å². The molecule has 6 rings (SSSR count). The number of carbonyl (C=O) groups excluding carboxylic acids is 1. The van der Waals surface area contributed by atoms with Gasteiger partial charge in [0.15, 0.2) is 23.6 Å². The number of nitrogens with two attached hydrogens (primary N) is 1. The number of ether oxygens (including phenoxy) is 3. The number of thioether (sulfide) groups is 1. The molecule has 1 aromatic carbocycles. The van der Waals surface area contributed by atoms with Crippen LogP contribution in [0.25, 0.3) is 27.7 Å². The average molecular weight is 560 g/mol. The SMILES string of the molecule is CSc1c(F)c(Cl)c(-c2ccc3nc(N)c(C(=O)O[C@@H]4COC[C@H]4C)n3c2)c2cnn(C3CCCCO3)c12. The summed E-state index contributed by atoms with van der Waals surface area (Å²) >= 11 is 7.94. The van der Waals surface area contributed by atoms with Crippen molar-refractivity contribution in [3.63, 3.8) is 0 Å².